The minimum absolute atomic E-state index is 1.05. The van der Waals surface area contributed by atoms with Crippen LogP contribution in [0.4, 0.5) is 0 Å². The molecule has 12 heavy (non-hydrogen) atoms. The van der Waals surface area contributed by atoms with E-state index in [2.05, 4.69) is 12.2 Å². The summed E-state index contributed by atoms with van der Waals surface area (Å²) in [6.07, 6.45) is 16.2. The highest BCUT2D eigenvalue weighted by molar-refractivity contribution is 5.11. The molecule has 0 spiro atoms. The largest absolute Gasteiger partial charge is 0.0879 e. The third-order valence-electron chi connectivity index (χ3n) is 3.28. The normalized spacial score (nSPS) is 26.7. The Balaban J connectivity index is 1.70. The Kier molecular flexibility index (Phi) is 2.86. The smallest absolute Gasteiger partial charge is 0.0163 e. The second-order valence-corrected chi connectivity index (χ2v) is 4.34. The van der Waals surface area contributed by atoms with Gasteiger partial charge in [-0.1, -0.05) is 44.3 Å². The van der Waals surface area contributed by atoms with Gasteiger partial charge >= 0.3 is 0 Å². The van der Waals surface area contributed by atoms with E-state index >= 15 is 0 Å². The molecule has 0 heteroatoms. The fraction of sp³-hybridized carbons (Fsp3) is 0.750. The number of hydrogen-bond acceptors (Lipinski definition) is 0. The molecule has 2 aliphatic rings. The van der Waals surface area contributed by atoms with Crippen molar-refractivity contribution in [2.24, 2.45) is 5.92 Å². The average molecular weight is 163 g/mol. The lowest BCUT2D eigenvalue weighted by molar-refractivity contribution is 0.342. The maximum atomic E-state index is 2.33. The van der Waals surface area contributed by atoms with Gasteiger partial charge < -0.3 is 0 Å². The molecule has 0 bridgehead atoms. The van der Waals surface area contributed by atoms with Crippen LogP contribution in [0.15, 0.2) is 12.2 Å². The minimum Gasteiger partial charge on any atom is -0.0879 e. The van der Waals surface area contributed by atoms with Crippen molar-refractivity contribution < 1.29 is 0 Å². The molecule has 1 fully saturated rings. The van der Waals surface area contributed by atoms with E-state index in [0.717, 1.165) is 5.92 Å². The summed E-state index contributed by atoms with van der Waals surface area (Å²) in [5, 5.41) is 0. The molecular formula is C12H19. The van der Waals surface area contributed by atoms with Crippen molar-refractivity contribution in [1.82, 2.24) is 0 Å². The third-order valence-corrected chi connectivity index (χ3v) is 3.28. The van der Waals surface area contributed by atoms with Gasteiger partial charge in [0.05, 0.1) is 0 Å². The molecule has 0 nitrogen and oxygen atoms in total. The Hall–Kier alpha value is -0.260. The zero-order valence-corrected chi connectivity index (χ0v) is 7.89. The molecule has 0 amide bonds. The fourth-order valence-corrected chi connectivity index (χ4v) is 2.55. The monoisotopic (exact) mass is 163 g/mol. The lowest BCUT2D eigenvalue weighted by Crippen LogP contribution is -2.09. The quantitative estimate of drug-likeness (QED) is 0.542. The summed E-state index contributed by atoms with van der Waals surface area (Å²) >= 11 is 0. The summed E-state index contributed by atoms with van der Waals surface area (Å²) in [5.74, 6) is 2.84. The third kappa shape index (κ3) is 2.12. The van der Waals surface area contributed by atoms with Gasteiger partial charge in [-0.2, -0.15) is 0 Å². The van der Waals surface area contributed by atoms with Gasteiger partial charge in [-0.15, -0.1) is 0 Å². The first kappa shape index (κ1) is 8.34. The molecule has 0 saturated heterocycles. The van der Waals surface area contributed by atoms with E-state index in [1.54, 1.807) is 5.92 Å². The predicted octanol–water partition coefficient (Wildman–Crippen LogP) is 3.88. The first-order chi connectivity index (χ1) is 5.95. The average Bonchev–Trinajstić information content (AvgIpc) is 2.59. The van der Waals surface area contributed by atoms with E-state index in [1.165, 1.54) is 51.4 Å². The summed E-state index contributed by atoms with van der Waals surface area (Å²) in [6.45, 7) is 0. The second kappa shape index (κ2) is 4.11. The Labute approximate surface area is 76.1 Å². The van der Waals surface area contributed by atoms with Crippen LogP contribution in [0.5, 0.6) is 0 Å². The molecular weight excluding hydrogens is 144 g/mol. The van der Waals surface area contributed by atoms with Gasteiger partial charge in [0, 0.05) is 0 Å². The zero-order valence-electron chi connectivity index (χ0n) is 7.89. The molecule has 1 saturated carbocycles. The van der Waals surface area contributed by atoms with E-state index in [-0.39, 0.29) is 0 Å². The summed E-state index contributed by atoms with van der Waals surface area (Å²) in [4.78, 5) is 0. The summed E-state index contributed by atoms with van der Waals surface area (Å²) in [7, 11) is 0. The lowest BCUT2D eigenvalue weighted by atomic mass is 9.82. The zero-order chi connectivity index (χ0) is 8.23. The highest BCUT2D eigenvalue weighted by atomic mass is 14.2. The molecule has 0 aliphatic heterocycles. The molecule has 0 atom stereocenters. The van der Waals surface area contributed by atoms with E-state index in [4.69, 9.17) is 0 Å². The first-order valence-electron chi connectivity index (χ1n) is 5.44. The van der Waals surface area contributed by atoms with Crippen molar-refractivity contribution in [3.05, 3.63) is 18.1 Å². The van der Waals surface area contributed by atoms with Crippen molar-refractivity contribution in [2.75, 3.05) is 0 Å². The minimum atomic E-state index is 1.05. The van der Waals surface area contributed by atoms with E-state index in [0.29, 0.717) is 0 Å². The van der Waals surface area contributed by atoms with Crippen molar-refractivity contribution in [2.45, 2.75) is 51.4 Å². The highest BCUT2D eigenvalue weighted by Crippen LogP contribution is 2.34. The molecule has 0 aromatic heterocycles. The molecule has 0 aromatic carbocycles. The Bertz CT molecular complexity index is 143. The molecule has 67 valence electrons. The Morgan fingerprint density at radius 3 is 2.33 bits per heavy atom. The van der Waals surface area contributed by atoms with E-state index in [9.17, 15) is 0 Å². The maximum absolute atomic E-state index is 2.33. The molecule has 2 rings (SSSR count). The molecule has 1 radical (unpaired) electrons. The fourth-order valence-electron chi connectivity index (χ4n) is 2.55. The van der Waals surface area contributed by atoms with Crippen molar-refractivity contribution in [3.63, 3.8) is 0 Å². The van der Waals surface area contributed by atoms with Gasteiger partial charge in [0.2, 0.25) is 0 Å². The summed E-state index contributed by atoms with van der Waals surface area (Å²) < 4.78 is 0. The lowest BCUT2D eigenvalue weighted by Gasteiger charge is -2.23. The van der Waals surface area contributed by atoms with Gasteiger partial charge in [0.15, 0.2) is 0 Å². The van der Waals surface area contributed by atoms with Crippen LogP contribution in [0, 0.1) is 11.8 Å². The summed E-state index contributed by atoms with van der Waals surface area (Å²) in [6, 6.07) is 0. The van der Waals surface area contributed by atoms with Crippen LogP contribution in [0.25, 0.3) is 0 Å². The van der Waals surface area contributed by atoms with Crippen LogP contribution >= 0.6 is 0 Å². The second-order valence-electron chi connectivity index (χ2n) is 4.34. The van der Waals surface area contributed by atoms with Gasteiger partial charge in [-0.25, -0.2) is 0 Å². The molecule has 0 N–H and O–H groups in total. The summed E-state index contributed by atoms with van der Waals surface area (Å²) in [5.41, 5.74) is 0. The van der Waals surface area contributed by atoms with Crippen LogP contribution in [0.2, 0.25) is 0 Å². The van der Waals surface area contributed by atoms with Crippen LogP contribution in [-0.2, 0) is 0 Å². The van der Waals surface area contributed by atoms with Crippen LogP contribution in [-0.4, -0.2) is 0 Å². The maximum Gasteiger partial charge on any atom is -0.0163 e. The Morgan fingerprint density at radius 1 is 1.00 bits per heavy atom. The van der Waals surface area contributed by atoms with E-state index in [1.807, 2.05) is 0 Å². The van der Waals surface area contributed by atoms with E-state index < -0.39 is 0 Å². The standard InChI is InChI=1S/C12H19/c1-2-6-11(7-3-1)10-12-8-4-5-9-12/h4-5,11H,1-3,6-10H2. The number of hydrogen-bond donors (Lipinski definition) is 0. The molecule has 0 aromatic rings. The van der Waals surface area contributed by atoms with Crippen molar-refractivity contribution >= 4 is 0 Å². The van der Waals surface area contributed by atoms with Crippen molar-refractivity contribution in [3.8, 4) is 0 Å². The first-order valence-corrected chi connectivity index (χ1v) is 5.44. The number of allylic oxidation sites excluding steroid dienone is 2. The number of rotatable bonds is 2. The van der Waals surface area contributed by atoms with Crippen LogP contribution in [0.3, 0.4) is 0 Å². The molecule has 0 heterocycles. The molecule has 0 unspecified atom stereocenters. The Morgan fingerprint density at radius 2 is 1.67 bits per heavy atom. The van der Waals surface area contributed by atoms with Gasteiger partial charge in [-0.05, 0) is 31.1 Å². The van der Waals surface area contributed by atoms with Gasteiger partial charge in [0.25, 0.3) is 0 Å². The molecule has 2 aliphatic carbocycles. The highest BCUT2D eigenvalue weighted by Gasteiger charge is 2.19. The predicted molar refractivity (Wildman–Crippen MR) is 52.8 cm³/mol. The van der Waals surface area contributed by atoms with Gasteiger partial charge in [0.1, 0.15) is 0 Å². The van der Waals surface area contributed by atoms with Crippen LogP contribution in [0.1, 0.15) is 51.4 Å². The topological polar surface area (TPSA) is 0 Å². The van der Waals surface area contributed by atoms with Crippen LogP contribution < -0.4 is 0 Å². The SMILES string of the molecule is C1=CC[C](CC2CCCCC2)C1. The van der Waals surface area contributed by atoms with Gasteiger partial charge in [-0.3, -0.25) is 0 Å². The van der Waals surface area contributed by atoms with Crippen molar-refractivity contribution in [1.29, 1.82) is 0 Å².